The van der Waals surface area contributed by atoms with Crippen molar-refractivity contribution in [3.8, 4) is 0 Å². The molecular formula is C14H15FN2O4. The summed E-state index contributed by atoms with van der Waals surface area (Å²) in [5, 5.41) is 19.8. The van der Waals surface area contributed by atoms with E-state index >= 15 is 0 Å². The number of carbonyl (C=O) groups is 1. The van der Waals surface area contributed by atoms with Crippen LogP contribution in [0.3, 0.4) is 0 Å². The lowest BCUT2D eigenvalue weighted by atomic mass is 10.1. The largest absolute Gasteiger partial charge is 0.395 e. The molecule has 21 heavy (non-hydrogen) atoms. The number of hydrogen-bond acceptors (Lipinski definition) is 4. The molecule has 0 heterocycles. The lowest BCUT2D eigenvalue weighted by Crippen LogP contribution is -2.34. The van der Waals surface area contributed by atoms with Crippen molar-refractivity contribution in [2.45, 2.75) is 18.9 Å². The van der Waals surface area contributed by atoms with Gasteiger partial charge in [-0.3, -0.25) is 14.9 Å². The van der Waals surface area contributed by atoms with Crippen LogP contribution in [0.2, 0.25) is 0 Å². The Balaban J connectivity index is 2.16. The molecule has 0 aliphatic heterocycles. The normalized spacial score (nSPS) is 14.4. The van der Waals surface area contributed by atoms with Crippen LogP contribution in [0.25, 0.3) is 6.08 Å². The molecular weight excluding hydrogens is 279 g/mol. The van der Waals surface area contributed by atoms with E-state index in [0.717, 1.165) is 25.0 Å². The molecule has 1 aliphatic carbocycles. The lowest BCUT2D eigenvalue weighted by Gasteiger charge is -2.19. The van der Waals surface area contributed by atoms with Crippen LogP contribution in [-0.2, 0) is 4.79 Å². The van der Waals surface area contributed by atoms with Crippen LogP contribution in [0.4, 0.5) is 10.1 Å². The van der Waals surface area contributed by atoms with Crippen molar-refractivity contribution in [3.63, 3.8) is 0 Å². The van der Waals surface area contributed by atoms with Crippen LogP contribution in [0.5, 0.6) is 0 Å². The van der Waals surface area contributed by atoms with E-state index in [1.54, 1.807) is 0 Å². The molecule has 1 amide bonds. The van der Waals surface area contributed by atoms with Gasteiger partial charge in [-0.25, -0.2) is 4.39 Å². The Hall–Kier alpha value is -2.28. The van der Waals surface area contributed by atoms with Gasteiger partial charge in [0, 0.05) is 18.7 Å². The molecule has 1 N–H and O–H groups in total. The first-order valence-electron chi connectivity index (χ1n) is 6.56. The van der Waals surface area contributed by atoms with Crippen molar-refractivity contribution in [3.05, 3.63) is 45.8 Å². The Morgan fingerprint density at radius 3 is 2.81 bits per heavy atom. The topological polar surface area (TPSA) is 83.7 Å². The van der Waals surface area contributed by atoms with Gasteiger partial charge in [-0.1, -0.05) is 0 Å². The molecule has 0 unspecified atom stereocenters. The molecule has 0 spiro atoms. The van der Waals surface area contributed by atoms with E-state index < -0.39 is 10.7 Å². The number of amides is 1. The number of benzene rings is 1. The summed E-state index contributed by atoms with van der Waals surface area (Å²) in [6.45, 7) is 0.103. The van der Waals surface area contributed by atoms with E-state index in [9.17, 15) is 19.3 Å². The second-order valence-corrected chi connectivity index (χ2v) is 4.78. The van der Waals surface area contributed by atoms with Gasteiger partial charge in [-0.15, -0.1) is 0 Å². The van der Waals surface area contributed by atoms with Crippen molar-refractivity contribution < 1.29 is 19.2 Å². The molecule has 6 nitrogen and oxygen atoms in total. The quantitative estimate of drug-likeness (QED) is 0.492. The van der Waals surface area contributed by atoms with Crippen molar-refractivity contribution >= 4 is 17.7 Å². The zero-order chi connectivity index (χ0) is 15.4. The zero-order valence-electron chi connectivity index (χ0n) is 11.2. The van der Waals surface area contributed by atoms with Gasteiger partial charge in [-0.2, -0.15) is 0 Å². The summed E-state index contributed by atoms with van der Waals surface area (Å²) in [7, 11) is 0. The average molecular weight is 294 g/mol. The van der Waals surface area contributed by atoms with Crippen molar-refractivity contribution in [2.75, 3.05) is 13.2 Å². The van der Waals surface area contributed by atoms with Crippen LogP contribution >= 0.6 is 0 Å². The van der Waals surface area contributed by atoms with E-state index in [1.165, 1.54) is 23.1 Å². The fraction of sp³-hybridized carbons (Fsp3) is 0.357. The highest BCUT2D eigenvalue weighted by atomic mass is 19.1. The van der Waals surface area contributed by atoms with E-state index in [1.807, 2.05) is 0 Å². The molecule has 1 aromatic carbocycles. The molecule has 0 saturated heterocycles. The zero-order valence-corrected chi connectivity index (χ0v) is 11.2. The number of aliphatic hydroxyl groups is 1. The summed E-state index contributed by atoms with van der Waals surface area (Å²) in [5.74, 6) is -1.02. The molecule has 1 saturated carbocycles. The maximum Gasteiger partial charge on any atom is 0.279 e. The Bertz CT molecular complexity index is 584. The molecule has 0 bridgehead atoms. The predicted molar refractivity (Wildman–Crippen MR) is 73.9 cm³/mol. The second-order valence-electron chi connectivity index (χ2n) is 4.78. The molecule has 2 rings (SSSR count). The lowest BCUT2D eigenvalue weighted by molar-refractivity contribution is -0.385. The van der Waals surface area contributed by atoms with Gasteiger partial charge in [-0.05, 0) is 31.1 Å². The molecule has 1 fully saturated rings. The van der Waals surface area contributed by atoms with E-state index in [0.29, 0.717) is 0 Å². The van der Waals surface area contributed by atoms with Gasteiger partial charge >= 0.3 is 0 Å². The third-order valence-electron chi connectivity index (χ3n) is 3.21. The number of aliphatic hydroxyl groups excluding tert-OH is 1. The van der Waals surface area contributed by atoms with Crippen molar-refractivity contribution in [1.82, 2.24) is 4.90 Å². The third kappa shape index (κ3) is 3.85. The summed E-state index contributed by atoms with van der Waals surface area (Å²) in [4.78, 5) is 23.7. The van der Waals surface area contributed by atoms with Gasteiger partial charge in [0.1, 0.15) is 5.82 Å². The van der Waals surface area contributed by atoms with Crippen LogP contribution in [-0.4, -0.2) is 40.0 Å². The number of nitro benzene ring substituents is 1. The number of halogens is 1. The summed E-state index contributed by atoms with van der Waals surface area (Å²) in [6, 6.07) is 3.31. The molecule has 112 valence electrons. The van der Waals surface area contributed by atoms with Gasteiger partial charge in [0.2, 0.25) is 5.91 Å². The highest BCUT2D eigenvalue weighted by Gasteiger charge is 2.31. The molecule has 0 atom stereocenters. The minimum absolute atomic E-state index is 0.132. The highest BCUT2D eigenvalue weighted by molar-refractivity contribution is 5.92. The first kappa shape index (κ1) is 15.1. The Morgan fingerprint density at radius 2 is 2.24 bits per heavy atom. The van der Waals surface area contributed by atoms with E-state index in [2.05, 4.69) is 0 Å². The van der Waals surface area contributed by atoms with Crippen LogP contribution in [0.1, 0.15) is 18.4 Å². The standard InChI is InChI=1S/C14H15FN2O4/c15-11-3-1-10(13(9-11)17(20)21)2-6-14(19)16(7-8-18)12-4-5-12/h1-3,6,9,12,18H,4-5,7-8H2/b6-2+. The van der Waals surface area contributed by atoms with Crippen LogP contribution < -0.4 is 0 Å². The van der Waals surface area contributed by atoms with E-state index in [-0.39, 0.29) is 36.4 Å². The molecule has 0 radical (unpaired) electrons. The van der Waals surface area contributed by atoms with Crippen molar-refractivity contribution in [2.24, 2.45) is 0 Å². The Morgan fingerprint density at radius 1 is 1.52 bits per heavy atom. The monoisotopic (exact) mass is 294 g/mol. The minimum Gasteiger partial charge on any atom is -0.395 e. The number of carbonyl (C=O) groups excluding carboxylic acids is 1. The first-order chi connectivity index (χ1) is 10.0. The second kappa shape index (κ2) is 6.45. The Kier molecular flexibility index (Phi) is 4.64. The summed E-state index contributed by atoms with van der Waals surface area (Å²) >= 11 is 0. The summed E-state index contributed by atoms with van der Waals surface area (Å²) in [6.07, 6.45) is 4.31. The van der Waals surface area contributed by atoms with Crippen LogP contribution in [0, 0.1) is 15.9 Å². The van der Waals surface area contributed by atoms with Crippen molar-refractivity contribution in [1.29, 1.82) is 0 Å². The average Bonchev–Trinajstić information content (AvgIpc) is 3.27. The third-order valence-corrected chi connectivity index (χ3v) is 3.21. The van der Waals surface area contributed by atoms with Gasteiger partial charge < -0.3 is 10.0 Å². The van der Waals surface area contributed by atoms with Gasteiger partial charge in [0.05, 0.1) is 23.2 Å². The first-order valence-corrected chi connectivity index (χ1v) is 6.56. The van der Waals surface area contributed by atoms with E-state index in [4.69, 9.17) is 5.11 Å². The highest BCUT2D eigenvalue weighted by Crippen LogP contribution is 2.27. The fourth-order valence-corrected chi connectivity index (χ4v) is 2.04. The number of hydrogen-bond donors (Lipinski definition) is 1. The molecule has 1 aliphatic rings. The number of nitro groups is 1. The molecule has 7 heteroatoms. The maximum absolute atomic E-state index is 13.0. The minimum atomic E-state index is -0.704. The number of rotatable bonds is 6. The van der Waals surface area contributed by atoms with Gasteiger partial charge in [0.25, 0.3) is 5.69 Å². The Labute approximate surface area is 120 Å². The smallest absolute Gasteiger partial charge is 0.279 e. The fourth-order valence-electron chi connectivity index (χ4n) is 2.04. The number of nitrogens with zero attached hydrogens (tertiary/aromatic N) is 2. The SMILES string of the molecule is O=C(/C=C/c1ccc(F)cc1[N+](=O)[O-])N(CCO)C1CC1. The summed E-state index contributed by atoms with van der Waals surface area (Å²) in [5.41, 5.74) is -0.228. The maximum atomic E-state index is 13.0. The van der Waals surface area contributed by atoms with Crippen LogP contribution in [0.15, 0.2) is 24.3 Å². The van der Waals surface area contributed by atoms with Gasteiger partial charge in [0.15, 0.2) is 0 Å². The molecule has 0 aromatic heterocycles. The molecule has 1 aromatic rings. The summed E-state index contributed by atoms with van der Waals surface area (Å²) < 4.78 is 13.0. The predicted octanol–water partition coefficient (Wildman–Crippen LogP) is 1.73.